The number of hydrogen-bond donors (Lipinski definition) is 1. The minimum Gasteiger partial charge on any atom is -0.365 e. The van der Waals surface area contributed by atoms with Crippen molar-refractivity contribution in [1.29, 1.82) is 0 Å². The van der Waals surface area contributed by atoms with Gasteiger partial charge in [0, 0.05) is 29.9 Å². The lowest BCUT2D eigenvalue weighted by atomic mass is 10.1. The molecule has 0 spiro atoms. The molecule has 0 atom stereocenters. The van der Waals surface area contributed by atoms with Crippen molar-refractivity contribution in [2.75, 3.05) is 5.32 Å². The third-order valence-corrected chi connectivity index (χ3v) is 5.02. The number of rotatable bonds is 5. The van der Waals surface area contributed by atoms with Gasteiger partial charge in [-0.2, -0.15) is 0 Å². The number of pyridine rings is 1. The number of benzene rings is 1. The first kappa shape index (κ1) is 17.5. The quantitative estimate of drug-likeness (QED) is 0.734. The average molecular weight is 374 g/mol. The molecule has 2 aromatic heterocycles. The fourth-order valence-corrected chi connectivity index (χ4v) is 3.10. The second-order valence-electron chi connectivity index (χ2n) is 6.97. The summed E-state index contributed by atoms with van der Waals surface area (Å²) < 4.78 is 41.6. The molecule has 5 nitrogen and oxygen atoms in total. The lowest BCUT2D eigenvalue weighted by molar-refractivity contribution is 0.146. The zero-order valence-corrected chi connectivity index (χ0v) is 14.5. The van der Waals surface area contributed by atoms with E-state index in [0.717, 1.165) is 18.9 Å². The highest BCUT2D eigenvalue weighted by Gasteiger charge is 2.40. The minimum absolute atomic E-state index is 0.0189. The molecular weight excluding hydrogens is 357 g/mol. The second kappa shape index (κ2) is 6.37. The van der Waals surface area contributed by atoms with Crippen LogP contribution in [0, 0.1) is 5.82 Å². The Morgan fingerprint density at radius 3 is 2.78 bits per heavy atom. The van der Waals surface area contributed by atoms with Crippen LogP contribution in [0.3, 0.4) is 0 Å². The number of nitrogens with one attached hydrogen (secondary N) is 1. The monoisotopic (exact) mass is 374 g/mol. The smallest absolute Gasteiger partial charge is 0.266 e. The zero-order valence-electron chi connectivity index (χ0n) is 14.5. The van der Waals surface area contributed by atoms with Gasteiger partial charge in [-0.15, -0.1) is 0 Å². The number of fused-ring (bicyclic) bond motifs is 1. The molecule has 1 aliphatic rings. The average Bonchev–Trinajstić information content (AvgIpc) is 3.38. The van der Waals surface area contributed by atoms with Crippen molar-refractivity contribution in [1.82, 2.24) is 14.5 Å². The van der Waals surface area contributed by atoms with Crippen LogP contribution in [-0.4, -0.2) is 14.5 Å². The number of aromatic nitrogens is 3. The Hall–Kier alpha value is -2.90. The molecule has 8 heteroatoms. The molecule has 3 aromatic rings. The Morgan fingerprint density at radius 2 is 2.07 bits per heavy atom. The van der Waals surface area contributed by atoms with Gasteiger partial charge in [-0.3, -0.25) is 4.79 Å². The highest BCUT2D eigenvalue weighted by molar-refractivity contribution is 5.87. The molecule has 1 N–H and O–H groups in total. The van der Waals surface area contributed by atoms with Gasteiger partial charge in [-0.05, 0) is 19.8 Å². The molecule has 4 rings (SSSR count). The molecule has 0 aliphatic heterocycles. The Kier molecular flexibility index (Phi) is 4.13. The summed E-state index contributed by atoms with van der Waals surface area (Å²) in [5, 5.41) is 3.60. The third-order valence-electron chi connectivity index (χ3n) is 5.02. The van der Waals surface area contributed by atoms with E-state index < -0.39 is 17.8 Å². The Balaban J connectivity index is 1.69. The summed E-state index contributed by atoms with van der Waals surface area (Å²) in [6.07, 6.45) is 1.97. The number of anilines is 1. The van der Waals surface area contributed by atoms with Gasteiger partial charge in [0.2, 0.25) is 0 Å². The predicted molar refractivity (Wildman–Crippen MR) is 95.4 cm³/mol. The van der Waals surface area contributed by atoms with Gasteiger partial charge in [-0.25, -0.2) is 23.1 Å². The Morgan fingerprint density at radius 1 is 1.30 bits per heavy atom. The van der Waals surface area contributed by atoms with Crippen molar-refractivity contribution in [2.24, 2.45) is 0 Å². The first-order valence-electron chi connectivity index (χ1n) is 8.56. The third kappa shape index (κ3) is 3.15. The largest absolute Gasteiger partial charge is 0.365 e. The van der Waals surface area contributed by atoms with Gasteiger partial charge in [0.05, 0.1) is 16.5 Å². The van der Waals surface area contributed by atoms with Crippen LogP contribution in [0.4, 0.5) is 19.0 Å². The van der Waals surface area contributed by atoms with E-state index in [9.17, 15) is 18.0 Å². The minimum atomic E-state index is -2.88. The molecule has 27 heavy (non-hydrogen) atoms. The lowest BCUT2D eigenvalue weighted by Crippen LogP contribution is -2.27. The van der Waals surface area contributed by atoms with E-state index in [0.29, 0.717) is 16.7 Å². The topological polar surface area (TPSA) is 59.8 Å². The van der Waals surface area contributed by atoms with Crippen molar-refractivity contribution < 1.29 is 13.2 Å². The maximum atomic E-state index is 14.2. The molecule has 0 saturated heterocycles. The molecule has 140 valence electrons. The molecule has 0 amide bonds. The Bertz CT molecular complexity index is 1080. The van der Waals surface area contributed by atoms with E-state index in [1.807, 2.05) is 6.92 Å². The number of nitrogens with zero attached hydrogens (tertiary/aromatic N) is 3. The van der Waals surface area contributed by atoms with Crippen LogP contribution in [0.5, 0.6) is 0 Å². The first-order valence-corrected chi connectivity index (χ1v) is 8.56. The second-order valence-corrected chi connectivity index (χ2v) is 6.97. The fourth-order valence-electron chi connectivity index (χ4n) is 3.10. The van der Waals surface area contributed by atoms with Crippen LogP contribution in [0.2, 0.25) is 0 Å². The predicted octanol–water partition coefficient (Wildman–Crippen LogP) is 3.99. The summed E-state index contributed by atoms with van der Waals surface area (Å²) >= 11 is 0. The van der Waals surface area contributed by atoms with Gasteiger partial charge in [0.15, 0.2) is 0 Å². The molecule has 0 unspecified atom stereocenters. The standard InChI is InChI=1S/C19H17F3N4O/c1-19(5-6-19)26-9-13-14(7-15(26)27)24-10-25-18(13)23-8-11-3-2-4-12(16(11)20)17(21)22/h2-4,7,9-10,17H,5-6,8H2,1H3,(H,23,24,25). The number of halogens is 3. The van der Waals surface area contributed by atoms with E-state index >= 15 is 0 Å². The van der Waals surface area contributed by atoms with E-state index in [2.05, 4.69) is 15.3 Å². The van der Waals surface area contributed by atoms with Crippen LogP contribution in [-0.2, 0) is 12.1 Å². The maximum Gasteiger partial charge on any atom is 0.266 e. The molecular formula is C19H17F3N4O. The summed E-state index contributed by atoms with van der Waals surface area (Å²) in [5.41, 5.74) is -0.377. The van der Waals surface area contributed by atoms with E-state index in [1.54, 1.807) is 10.8 Å². The van der Waals surface area contributed by atoms with Gasteiger partial charge < -0.3 is 9.88 Å². The van der Waals surface area contributed by atoms with Gasteiger partial charge in [-0.1, -0.05) is 18.2 Å². The number of hydrogen-bond acceptors (Lipinski definition) is 4. The van der Waals surface area contributed by atoms with E-state index in [4.69, 9.17) is 0 Å². The maximum absolute atomic E-state index is 14.2. The highest BCUT2D eigenvalue weighted by atomic mass is 19.3. The Labute approximate surface area is 152 Å². The lowest BCUT2D eigenvalue weighted by Gasteiger charge is -2.15. The van der Waals surface area contributed by atoms with E-state index in [1.165, 1.54) is 24.5 Å². The molecule has 2 heterocycles. The van der Waals surface area contributed by atoms with Crippen LogP contribution in [0.1, 0.15) is 37.3 Å². The summed E-state index contributed by atoms with van der Waals surface area (Å²) in [7, 11) is 0. The van der Waals surface area contributed by atoms with Crippen molar-refractivity contribution in [2.45, 2.75) is 38.3 Å². The summed E-state index contributed by atoms with van der Waals surface area (Å²) in [5.74, 6) is -0.513. The van der Waals surface area contributed by atoms with E-state index in [-0.39, 0.29) is 23.2 Å². The van der Waals surface area contributed by atoms with Crippen LogP contribution < -0.4 is 10.9 Å². The zero-order chi connectivity index (χ0) is 19.2. The van der Waals surface area contributed by atoms with Crippen molar-refractivity contribution >= 4 is 16.7 Å². The van der Waals surface area contributed by atoms with Crippen molar-refractivity contribution in [3.8, 4) is 0 Å². The molecule has 0 radical (unpaired) electrons. The fraction of sp³-hybridized carbons (Fsp3) is 0.316. The highest BCUT2D eigenvalue weighted by Crippen LogP contribution is 2.42. The summed E-state index contributed by atoms with van der Waals surface area (Å²) in [4.78, 5) is 20.6. The molecule has 1 fully saturated rings. The SMILES string of the molecule is CC1(n2cc3c(NCc4cccc(C(F)F)c4F)ncnc3cc2=O)CC1. The molecule has 1 aromatic carbocycles. The molecule has 0 bridgehead atoms. The van der Waals surface area contributed by atoms with Crippen molar-refractivity contribution in [3.05, 3.63) is 64.1 Å². The first-order chi connectivity index (χ1) is 12.9. The van der Waals surface area contributed by atoms with Gasteiger partial charge in [0.1, 0.15) is 18.0 Å². The van der Waals surface area contributed by atoms with Crippen molar-refractivity contribution in [3.63, 3.8) is 0 Å². The van der Waals surface area contributed by atoms with Crippen LogP contribution in [0.25, 0.3) is 10.9 Å². The molecule has 1 saturated carbocycles. The van der Waals surface area contributed by atoms with Gasteiger partial charge >= 0.3 is 0 Å². The summed E-state index contributed by atoms with van der Waals surface area (Å²) in [6, 6.07) is 5.35. The number of alkyl halides is 2. The normalized spacial score (nSPS) is 15.3. The molecule has 1 aliphatic carbocycles. The van der Waals surface area contributed by atoms with Gasteiger partial charge in [0.25, 0.3) is 12.0 Å². The summed E-state index contributed by atoms with van der Waals surface area (Å²) in [6.45, 7) is 1.98. The van der Waals surface area contributed by atoms with Crippen LogP contribution >= 0.6 is 0 Å². The van der Waals surface area contributed by atoms with Crippen LogP contribution in [0.15, 0.2) is 41.6 Å².